The van der Waals surface area contributed by atoms with Crippen molar-refractivity contribution in [3.63, 3.8) is 0 Å². The molecule has 2 aliphatic carbocycles. The zero-order chi connectivity index (χ0) is 19.8. The molecule has 2 heterocycles. The smallest absolute Gasteiger partial charge is 0.334 e. The van der Waals surface area contributed by atoms with Crippen molar-refractivity contribution >= 4 is 11.9 Å². The largest absolute Gasteiger partial charge is 0.459 e. The topological polar surface area (TPSA) is 91.3 Å². The second kappa shape index (κ2) is 5.65. The average molecular weight is 378 g/mol. The lowest BCUT2D eigenvalue weighted by Gasteiger charge is -2.43. The Morgan fingerprint density at radius 2 is 2.11 bits per heavy atom. The Hall–Kier alpha value is -1.70. The molecule has 148 valence electrons. The van der Waals surface area contributed by atoms with Crippen LogP contribution in [0.25, 0.3) is 0 Å². The lowest BCUT2D eigenvalue weighted by molar-refractivity contribution is -0.366. The first-order valence-electron chi connectivity index (χ1n) is 9.47. The molecule has 1 saturated carbocycles. The second-order valence-corrected chi connectivity index (χ2v) is 8.57. The third kappa shape index (κ3) is 2.25. The summed E-state index contributed by atoms with van der Waals surface area (Å²) in [5, 5.41) is 11.6. The molecule has 7 nitrogen and oxygen atoms in total. The lowest BCUT2D eigenvalue weighted by Crippen LogP contribution is -2.62. The van der Waals surface area contributed by atoms with Gasteiger partial charge in [-0.05, 0) is 32.8 Å². The molecule has 1 N–H and O–H groups in total. The maximum Gasteiger partial charge on any atom is 0.334 e. The van der Waals surface area contributed by atoms with Gasteiger partial charge in [0.1, 0.15) is 23.4 Å². The van der Waals surface area contributed by atoms with Gasteiger partial charge in [0.25, 0.3) is 0 Å². The van der Waals surface area contributed by atoms with Crippen molar-refractivity contribution in [3.8, 4) is 0 Å². The fraction of sp³-hybridized carbons (Fsp3) is 0.700. The van der Waals surface area contributed by atoms with E-state index in [4.69, 9.17) is 19.2 Å². The van der Waals surface area contributed by atoms with Crippen LogP contribution in [0.3, 0.4) is 0 Å². The highest BCUT2D eigenvalue weighted by atomic mass is 17.2. The standard InChI is InChI=1S/C20H26O7/c1-6-10(2)16(21)24-13-9-12-11(3)17(22)25-14(12)15-18(4)7-8-20(15,27-26-18)19(13,5)23/h7-8,10,12-15,23H,3,6,9H2,1-2,4-5H3/t10?,12-,13+,14-,15-,18+,19+,20-/m0/s1. The van der Waals surface area contributed by atoms with E-state index in [9.17, 15) is 14.7 Å². The number of esters is 2. The molecule has 4 aliphatic rings. The number of rotatable bonds is 3. The van der Waals surface area contributed by atoms with Crippen LogP contribution in [0.4, 0.5) is 0 Å². The van der Waals surface area contributed by atoms with Crippen molar-refractivity contribution in [2.45, 2.75) is 69.5 Å². The molecule has 2 bridgehead atoms. The number of fused-ring (bicyclic) bond motifs is 1. The Balaban J connectivity index is 1.79. The Labute approximate surface area is 158 Å². The van der Waals surface area contributed by atoms with E-state index >= 15 is 0 Å². The summed E-state index contributed by atoms with van der Waals surface area (Å²) in [6, 6.07) is 0. The fourth-order valence-electron chi connectivity index (χ4n) is 4.88. The monoisotopic (exact) mass is 378 g/mol. The molecule has 0 amide bonds. The van der Waals surface area contributed by atoms with E-state index in [1.807, 2.05) is 19.9 Å². The van der Waals surface area contributed by atoms with E-state index in [1.165, 1.54) is 0 Å². The van der Waals surface area contributed by atoms with E-state index in [0.717, 1.165) is 0 Å². The predicted molar refractivity (Wildman–Crippen MR) is 93.0 cm³/mol. The van der Waals surface area contributed by atoms with E-state index in [1.54, 1.807) is 19.9 Å². The van der Waals surface area contributed by atoms with Gasteiger partial charge in [-0.1, -0.05) is 26.5 Å². The number of hydrogen-bond acceptors (Lipinski definition) is 7. The minimum absolute atomic E-state index is 0.232. The van der Waals surface area contributed by atoms with Crippen molar-refractivity contribution in [3.05, 3.63) is 24.3 Å². The molecule has 2 saturated heterocycles. The summed E-state index contributed by atoms with van der Waals surface area (Å²) in [5.74, 6) is -2.03. The highest BCUT2D eigenvalue weighted by Crippen LogP contribution is 2.62. The van der Waals surface area contributed by atoms with Crippen LogP contribution >= 0.6 is 0 Å². The number of carbonyl (C=O) groups is 2. The third-order valence-electron chi connectivity index (χ3n) is 6.94. The lowest BCUT2D eigenvalue weighted by atomic mass is 9.70. The van der Waals surface area contributed by atoms with E-state index in [2.05, 4.69) is 6.58 Å². The molecule has 0 aromatic rings. The molecule has 27 heavy (non-hydrogen) atoms. The van der Waals surface area contributed by atoms with Crippen molar-refractivity contribution in [2.24, 2.45) is 17.8 Å². The molecule has 1 unspecified atom stereocenters. The Morgan fingerprint density at radius 1 is 1.41 bits per heavy atom. The molecular weight excluding hydrogens is 352 g/mol. The van der Waals surface area contributed by atoms with Gasteiger partial charge < -0.3 is 14.6 Å². The quantitative estimate of drug-likeness (QED) is 0.347. The first-order chi connectivity index (χ1) is 12.6. The zero-order valence-corrected chi connectivity index (χ0v) is 16.1. The molecule has 0 radical (unpaired) electrons. The average Bonchev–Trinajstić information content (AvgIpc) is 3.18. The van der Waals surface area contributed by atoms with Crippen LogP contribution < -0.4 is 0 Å². The fourth-order valence-corrected chi connectivity index (χ4v) is 4.88. The van der Waals surface area contributed by atoms with Gasteiger partial charge in [0.05, 0.1) is 11.8 Å². The van der Waals surface area contributed by atoms with Crippen molar-refractivity contribution in [1.29, 1.82) is 0 Å². The van der Waals surface area contributed by atoms with Gasteiger partial charge in [-0.3, -0.25) is 4.79 Å². The molecule has 8 atom stereocenters. The van der Waals surface area contributed by atoms with Crippen molar-refractivity contribution < 1.29 is 33.9 Å². The van der Waals surface area contributed by atoms with Crippen LogP contribution in [0, 0.1) is 17.8 Å². The first-order valence-corrected chi connectivity index (χ1v) is 9.47. The van der Waals surface area contributed by atoms with Gasteiger partial charge in [0.15, 0.2) is 5.60 Å². The maximum absolute atomic E-state index is 12.5. The summed E-state index contributed by atoms with van der Waals surface area (Å²) >= 11 is 0. The zero-order valence-electron chi connectivity index (χ0n) is 16.1. The summed E-state index contributed by atoms with van der Waals surface area (Å²) in [4.78, 5) is 36.0. The summed E-state index contributed by atoms with van der Waals surface area (Å²) in [5.41, 5.74) is -3.39. The van der Waals surface area contributed by atoms with E-state index in [-0.39, 0.29) is 12.3 Å². The number of hydrogen-bond donors (Lipinski definition) is 1. The van der Waals surface area contributed by atoms with Crippen molar-refractivity contribution in [2.75, 3.05) is 0 Å². The molecule has 0 aromatic carbocycles. The van der Waals surface area contributed by atoms with Crippen LogP contribution in [0.1, 0.15) is 40.5 Å². The van der Waals surface area contributed by atoms with Crippen LogP contribution in [-0.2, 0) is 28.8 Å². The molecule has 2 aliphatic heterocycles. The van der Waals surface area contributed by atoms with Gasteiger partial charge >= 0.3 is 11.9 Å². The Bertz CT molecular complexity index is 741. The van der Waals surface area contributed by atoms with Crippen LogP contribution in [0.2, 0.25) is 0 Å². The van der Waals surface area contributed by atoms with E-state index < -0.39 is 52.8 Å². The second-order valence-electron chi connectivity index (χ2n) is 8.57. The van der Waals surface area contributed by atoms with Gasteiger partial charge in [0, 0.05) is 11.5 Å². The SMILES string of the molecule is C=C1C(=O)O[C@H]2[C@H]1C[C@@H](OC(=O)C(C)CC)[C@@](C)(O)[C@@]13C=C[C@@](C)(OO1)[C@H]23. The highest BCUT2D eigenvalue weighted by molar-refractivity contribution is 5.91. The molecule has 3 fully saturated rings. The number of ether oxygens (including phenoxy) is 2. The summed E-state index contributed by atoms with van der Waals surface area (Å²) in [6.45, 7) is 11.0. The predicted octanol–water partition coefficient (Wildman–Crippen LogP) is 1.84. The molecule has 0 aromatic heterocycles. The Kier molecular flexibility index (Phi) is 3.91. The molecule has 7 heteroatoms. The summed E-state index contributed by atoms with van der Waals surface area (Å²) in [7, 11) is 0. The summed E-state index contributed by atoms with van der Waals surface area (Å²) in [6.07, 6.45) is 2.95. The number of carbonyl (C=O) groups excluding carboxylic acids is 2. The minimum Gasteiger partial charge on any atom is -0.459 e. The molecule has 0 spiro atoms. The maximum atomic E-state index is 12.5. The van der Waals surface area contributed by atoms with Gasteiger partial charge in [0.2, 0.25) is 0 Å². The molecular formula is C20H26O7. The van der Waals surface area contributed by atoms with Crippen LogP contribution in [-0.4, -0.2) is 46.1 Å². The summed E-state index contributed by atoms with van der Waals surface area (Å²) < 4.78 is 11.4. The first kappa shape index (κ1) is 18.7. The Morgan fingerprint density at radius 3 is 2.70 bits per heavy atom. The van der Waals surface area contributed by atoms with Crippen LogP contribution in [0.15, 0.2) is 24.3 Å². The molecule has 4 rings (SSSR count). The highest BCUT2D eigenvalue weighted by Gasteiger charge is 2.76. The van der Waals surface area contributed by atoms with Gasteiger partial charge in [-0.25, -0.2) is 14.6 Å². The van der Waals surface area contributed by atoms with Gasteiger partial charge in [-0.2, -0.15) is 0 Å². The van der Waals surface area contributed by atoms with E-state index in [0.29, 0.717) is 12.0 Å². The van der Waals surface area contributed by atoms with Crippen molar-refractivity contribution in [1.82, 2.24) is 0 Å². The third-order valence-corrected chi connectivity index (χ3v) is 6.94. The van der Waals surface area contributed by atoms with Gasteiger partial charge in [-0.15, -0.1) is 0 Å². The van der Waals surface area contributed by atoms with Crippen LogP contribution in [0.5, 0.6) is 0 Å². The number of aliphatic hydroxyl groups is 1. The minimum atomic E-state index is -1.58. The normalized spacial score (nSPS) is 48.6.